The normalized spacial score (nSPS) is 11.0. The molecule has 0 spiro atoms. The first-order valence-electron chi connectivity index (χ1n) is 7.90. The number of pyridine rings is 1. The summed E-state index contributed by atoms with van der Waals surface area (Å²) in [4.78, 5) is 19.1. The van der Waals surface area contributed by atoms with E-state index in [4.69, 9.17) is 0 Å². The molecule has 0 fully saturated rings. The molecule has 0 aromatic carbocycles. The van der Waals surface area contributed by atoms with Gasteiger partial charge in [0.1, 0.15) is 11.3 Å². The SMILES string of the molecule is CCCCN(CCCC)C(=O)c1cn2ccc(C)cc2n1. The highest BCUT2D eigenvalue weighted by atomic mass is 16.2. The molecule has 0 saturated heterocycles. The van der Waals surface area contributed by atoms with Gasteiger partial charge in [0.25, 0.3) is 5.91 Å². The van der Waals surface area contributed by atoms with E-state index in [1.807, 2.05) is 40.8 Å². The number of carbonyl (C=O) groups is 1. The minimum atomic E-state index is 0.0539. The Kier molecular flexibility index (Phi) is 5.37. The first-order chi connectivity index (χ1) is 10.2. The van der Waals surface area contributed by atoms with Crippen molar-refractivity contribution in [2.75, 3.05) is 13.1 Å². The summed E-state index contributed by atoms with van der Waals surface area (Å²) in [6, 6.07) is 4.02. The van der Waals surface area contributed by atoms with E-state index in [0.717, 1.165) is 50.0 Å². The zero-order chi connectivity index (χ0) is 15.2. The van der Waals surface area contributed by atoms with Crippen LogP contribution < -0.4 is 0 Å². The second kappa shape index (κ2) is 7.25. The molecule has 4 heteroatoms. The van der Waals surface area contributed by atoms with Crippen molar-refractivity contribution in [3.8, 4) is 0 Å². The molecule has 2 aromatic heterocycles. The van der Waals surface area contributed by atoms with E-state index in [0.29, 0.717) is 5.69 Å². The fourth-order valence-electron chi connectivity index (χ4n) is 2.36. The number of fused-ring (bicyclic) bond motifs is 1. The molecule has 0 atom stereocenters. The van der Waals surface area contributed by atoms with Gasteiger partial charge in [0.05, 0.1) is 0 Å². The van der Waals surface area contributed by atoms with Gasteiger partial charge in [-0.05, 0) is 37.5 Å². The summed E-state index contributed by atoms with van der Waals surface area (Å²) < 4.78 is 1.91. The topological polar surface area (TPSA) is 37.6 Å². The lowest BCUT2D eigenvalue weighted by atomic mass is 10.2. The Morgan fingerprint density at radius 3 is 2.52 bits per heavy atom. The van der Waals surface area contributed by atoms with E-state index in [-0.39, 0.29) is 5.91 Å². The van der Waals surface area contributed by atoms with Crippen molar-refractivity contribution >= 4 is 11.6 Å². The highest BCUT2D eigenvalue weighted by molar-refractivity contribution is 5.92. The number of amides is 1. The Labute approximate surface area is 126 Å². The van der Waals surface area contributed by atoms with Gasteiger partial charge in [0.2, 0.25) is 0 Å². The highest BCUT2D eigenvalue weighted by Gasteiger charge is 2.18. The molecule has 114 valence electrons. The molecule has 0 unspecified atom stereocenters. The third-order valence-electron chi connectivity index (χ3n) is 3.69. The summed E-state index contributed by atoms with van der Waals surface area (Å²) >= 11 is 0. The zero-order valence-electron chi connectivity index (χ0n) is 13.3. The van der Waals surface area contributed by atoms with E-state index in [2.05, 4.69) is 18.8 Å². The van der Waals surface area contributed by atoms with Gasteiger partial charge < -0.3 is 9.30 Å². The lowest BCUT2D eigenvalue weighted by Gasteiger charge is -2.21. The molecule has 2 heterocycles. The van der Waals surface area contributed by atoms with Crippen LogP contribution in [0.2, 0.25) is 0 Å². The van der Waals surface area contributed by atoms with Crippen LogP contribution in [0.1, 0.15) is 55.6 Å². The quantitative estimate of drug-likeness (QED) is 0.779. The number of rotatable bonds is 7. The molecule has 0 bridgehead atoms. The molecular weight excluding hydrogens is 262 g/mol. The van der Waals surface area contributed by atoms with Crippen LogP contribution in [0.25, 0.3) is 5.65 Å². The minimum absolute atomic E-state index is 0.0539. The number of aryl methyl sites for hydroxylation is 1. The number of hydrogen-bond acceptors (Lipinski definition) is 2. The van der Waals surface area contributed by atoms with Crippen LogP contribution in [0.3, 0.4) is 0 Å². The van der Waals surface area contributed by atoms with E-state index in [9.17, 15) is 4.79 Å². The van der Waals surface area contributed by atoms with E-state index < -0.39 is 0 Å². The van der Waals surface area contributed by atoms with Crippen molar-refractivity contribution < 1.29 is 4.79 Å². The summed E-state index contributed by atoms with van der Waals surface area (Å²) in [6.45, 7) is 7.97. The monoisotopic (exact) mass is 287 g/mol. The molecule has 2 rings (SSSR count). The minimum Gasteiger partial charge on any atom is -0.337 e. The second-order valence-corrected chi connectivity index (χ2v) is 5.60. The Morgan fingerprint density at radius 2 is 1.90 bits per heavy atom. The third-order valence-corrected chi connectivity index (χ3v) is 3.69. The molecule has 21 heavy (non-hydrogen) atoms. The lowest BCUT2D eigenvalue weighted by Crippen LogP contribution is -2.33. The van der Waals surface area contributed by atoms with Crippen molar-refractivity contribution in [1.82, 2.24) is 14.3 Å². The van der Waals surface area contributed by atoms with Crippen LogP contribution in [0.15, 0.2) is 24.5 Å². The van der Waals surface area contributed by atoms with Crippen molar-refractivity contribution in [2.45, 2.75) is 46.5 Å². The molecule has 0 N–H and O–H groups in total. The lowest BCUT2D eigenvalue weighted by molar-refractivity contribution is 0.0746. The highest BCUT2D eigenvalue weighted by Crippen LogP contribution is 2.11. The van der Waals surface area contributed by atoms with Gasteiger partial charge in [-0.3, -0.25) is 4.79 Å². The average Bonchev–Trinajstić information content (AvgIpc) is 2.89. The molecule has 1 amide bonds. The maximum atomic E-state index is 12.7. The number of imidazole rings is 1. The van der Waals surface area contributed by atoms with Crippen molar-refractivity contribution in [3.63, 3.8) is 0 Å². The van der Waals surface area contributed by atoms with Crippen LogP contribution in [-0.4, -0.2) is 33.3 Å². The number of nitrogens with zero attached hydrogens (tertiary/aromatic N) is 3. The van der Waals surface area contributed by atoms with Crippen LogP contribution in [0.4, 0.5) is 0 Å². The summed E-state index contributed by atoms with van der Waals surface area (Å²) in [5.74, 6) is 0.0539. The Hall–Kier alpha value is -1.84. The standard InChI is InChI=1S/C17H25N3O/c1-4-6-9-19(10-7-5-2)17(21)15-13-20-11-8-14(3)12-16(20)18-15/h8,11-13H,4-7,9-10H2,1-3H3. The molecular formula is C17H25N3O. The van der Waals surface area contributed by atoms with Crippen molar-refractivity contribution in [2.24, 2.45) is 0 Å². The summed E-state index contributed by atoms with van der Waals surface area (Å²) in [6.07, 6.45) is 8.07. The third kappa shape index (κ3) is 3.84. The van der Waals surface area contributed by atoms with Crippen LogP contribution >= 0.6 is 0 Å². The fourth-order valence-corrected chi connectivity index (χ4v) is 2.36. The molecule has 0 aliphatic carbocycles. The summed E-state index contributed by atoms with van der Waals surface area (Å²) in [5, 5.41) is 0. The molecule has 4 nitrogen and oxygen atoms in total. The molecule has 0 aliphatic heterocycles. The van der Waals surface area contributed by atoms with Crippen molar-refractivity contribution in [1.29, 1.82) is 0 Å². The average molecular weight is 287 g/mol. The summed E-state index contributed by atoms with van der Waals surface area (Å²) in [7, 11) is 0. The maximum absolute atomic E-state index is 12.7. The smallest absolute Gasteiger partial charge is 0.274 e. The molecule has 0 radical (unpaired) electrons. The van der Waals surface area contributed by atoms with Gasteiger partial charge >= 0.3 is 0 Å². The maximum Gasteiger partial charge on any atom is 0.274 e. The summed E-state index contributed by atoms with van der Waals surface area (Å²) in [5.41, 5.74) is 2.54. The number of carbonyl (C=O) groups excluding carboxylic acids is 1. The molecule has 0 saturated carbocycles. The van der Waals surface area contributed by atoms with E-state index >= 15 is 0 Å². The van der Waals surface area contributed by atoms with Gasteiger partial charge in [0.15, 0.2) is 0 Å². The van der Waals surface area contributed by atoms with Gasteiger partial charge in [-0.15, -0.1) is 0 Å². The van der Waals surface area contributed by atoms with Crippen molar-refractivity contribution in [3.05, 3.63) is 35.8 Å². The van der Waals surface area contributed by atoms with Crippen LogP contribution in [0, 0.1) is 6.92 Å². The predicted molar refractivity (Wildman–Crippen MR) is 85.6 cm³/mol. The van der Waals surface area contributed by atoms with E-state index in [1.165, 1.54) is 0 Å². The van der Waals surface area contributed by atoms with E-state index in [1.54, 1.807) is 0 Å². The van der Waals surface area contributed by atoms with Gasteiger partial charge in [-0.2, -0.15) is 0 Å². The second-order valence-electron chi connectivity index (χ2n) is 5.60. The van der Waals surface area contributed by atoms with Crippen LogP contribution in [0.5, 0.6) is 0 Å². The predicted octanol–water partition coefficient (Wildman–Crippen LogP) is 3.69. The Balaban J connectivity index is 2.20. The van der Waals surface area contributed by atoms with Gasteiger partial charge in [-0.1, -0.05) is 26.7 Å². The first-order valence-corrected chi connectivity index (χ1v) is 7.90. The largest absolute Gasteiger partial charge is 0.337 e. The first kappa shape index (κ1) is 15.5. The number of hydrogen-bond donors (Lipinski definition) is 0. The van der Waals surface area contributed by atoms with Gasteiger partial charge in [0, 0.05) is 25.5 Å². The molecule has 2 aromatic rings. The zero-order valence-corrected chi connectivity index (χ0v) is 13.3. The Morgan fingerprint density at radius 1 is 1.24 bits per heavy atom. The van der Waals surface area contributed by atoms with Crippen LogP contribution in [-0.2, 0) is 0 Å². The fraction of sp³-hybridized carbons (Fsp3) is 0.529. The molecule has 0 aliphatic rings. The number of aromatic nitrogens is 2. The Bertz CT molecular complexity index is 595. The van der Waals surface area contributed by atoms with Gasteiger partial charge in [-0.25, -0.2) is 4.98 Å². The number of unbranched alkanes of at least 4 members (excludes halogenated alkanes) is 2.